The molecule has 0 aliphatic carbocycles. The average molecular weight is 275 g/mol. The van der Waals surface area contributed by atoms with Crippen molar-refractivity contribution in [2.24, 2.45) is 0 Å². The Kier molecular flexibility index (Phi) is 3.79. The number of carbonyl (C=O) groups excluding carboxylic acids is 1. The lowest BCUT2D eigenvalue weighted by molar-refractivity contribution is -0.127. The van der Waals surface area contributed by atoms with Gasteiger partial charge in [-0.25, -0.2) is 4.85 Å². The molecule has 1 fully saturated rings. The van der Waals surface area contributed by atoms with Crippen molar-refractivity contribution in [3.8, 4) is 5.88 Å². The quantitative estimate of drug-likeness (QED) is 0.847. The third-order valence-corrected chi connectivity index (χ3v) is 3.83. The molecule has 1 aromatic heterocycles. The van der Waals surface area contributed by atoms with Crippen molar-refractivity contribution in [2.75, 3.05) is 13.1 Å². The van der Waals surface area contributed by atoms with Crippen molar-refractivity contribution in [3.63, 3.8) is 0 Å². The van der Waals surface area contributed by atoms with Gasteiger partial charge in [0.05, 0.1) is 6.57 Å². The predicted molar refractivity (Wildman–Crippen MR) is 73.9 cm³/mol. The average Bonchev–Trinajstić information content (AvgIpc) is 2.83. The van der Waals surface area contributed by atoms with Crippen molar-refractivity contribution in [1.29, 1.82) is 0 Å². The summed E-state index contributed by atoms with van der Waals surface area (Å²) in [4.78, 5) is 28.6. The van der Waals surface area contributed by atoms with Crippen LogP contribution in [-0.2, 0) is 11.3 Å². The van der Waals surface area contributed by atoms with Crippen molar-refractivity contribution < 1.29 is 9.90 Å². The number of nitrogens with zero attached hydrogens (tertiary/aromatic N) is 3. The summed E-state index contributed by atoms with van der Waals surface area (Å²) in [6.07, 6.45) is 1.38. The third-order valence-electron chi connectivity index (χ3n) is 3.83. The Balaban J connectivity index is 2.33. The third kappa shape index (κ3) is 2.27. The second-order valence-corrected chi connectivity index (χ2v) is 4.98. The molecule has 0 radical (unpaired) electrons. The van der Waals surface area contributed by atoms with Gasteiger partial charge >= 0.3 is 0 Å². The Hall–Kier alpha value is -2.29. The van der Waals surface area contributed by atoms with Gasteiger partial charge in [0.25, 0.3) is 11.2 Å². The van der Waals surface area contributed by atoms with E-state index in [-0.39, 0.29) is 24.0 Å². The number of amides is 1. The lowest BCUT2D eigenvalue weighted by atomic mass is 10.1. The van der Waals surface area contributed by atoms with Gasteiger partial charge in [0.1, 0.15) is 0 Å². The summed E-state index contributed by atoms with van der Waals surface area (Å²) in [7, 11) is 0. The Labute approximate surface area is 117 Å². The highest BCUT2D eigenvalue weighted by molar-refractivity contribution is 5.78. The summed E-state index contributed by atoms with van der Waals surface area (Å²) in [6.45, 7) is 11.7. The Morgan fingerprint density at radius 1 is 1.25 bits per heavy atom. The van der Waals surface area contributed by atoms with E-state index >= 15 is 0 Å². The molecule has 0 bridgehead atoms. The fourth-order valence-electron chi connectivity index (χ4n) is 2.43. The molecule has 0 atom stereocenters. The standard InChI is InChI=1S/C14H17N3O3/c1-9-10(2)13(19)17(14(20)12(9)15-3)8-7-16-6-4-5-11(16)18/h19H,4-8H2,1-2H3. The molecule has 2 rings (SSSR count). The maximum absolute atomic E-state index is 12.2. The number of pyridine rings is 1. The van der Waals surface area contributed by atoms with Crippen molar-refractivity contribution >= 4 is 11.6 Å². The number of aromatic nitrogens is 1. The topological polar surface area (TPSA) is 66.9 Å². The van der Waals surface area contributed by atoms with E-state index in [1.165, 1.54) is 4.57 Å². The summed E-state index contributed by atoms with van der Waals surface area (Å²) in [5, 5.41) is 10.1. The summed E-state index contributed by atoms with van der Waals surface area (Å²) in [6, 6.07) is 0. The molecule has 1 saturated heterocycles. The van der Waals surface area contributed by atoms with E-state index < -0.39 is 5.56 Å². The number of rotatable bonds is 3. The second kappa shape index (κ2) is 5.37. The Morgan fingerprint density at radius 2 is 1.95 bits per heavy atom. The van der Waals surface area contributed by atoms with E-state index in [1.54, 1.807) is 18.7 Å². The van der Waals surface area contributed by atoms with Crippen LogP contribution in [0.5, 0.6) is 5.88 Å². The second-order valence-electron chi connectivity index (χ2n) is 4.98. The van der Waals surface area contributed by atoms with Crippen LogP contribution in [0.1, 0.15) is 24.0 Å². The van der Waals surface area contributed by atoms with Crippen LogP contribution in [0.15, 0.2) is 4.79 Å². The van der Waals surface area contributed by atoms with E-state index in [9.17, 15) is 14.7 Å². The number of hydrogen-bond acceptors (Lipinski definition) is 3. The molecule has 0 aromatic carbocycles. The van der Waals surface area contributed by atoms with E-state index in [0.717, 1.165) is 6.42 Å². The summed E-state index contributed by atoms with van der Waals surface area (Å²) in [5.41, 5.74) is 0.583. The molecular formula is C14H17N3O3. The van der Waals surface area contributed by atoms with Crippen LogP contribution >= 0.6 is 0 Å². The van der Waals surface area contributed by atoms with Gasteiger partial charge in [-0.05, 0) is 25.8 Å². The van der Waals surface area contributed by atoms with Crippen LogP contribution in [0.2, 0.25) is 0 Å². The van der Waals surface area contributed by atoms with Gasteiger partial charge in [0.15, 0.2) is 5.88 Å². The van der Waals surface area contributed by atoms with Crippen molar-refractivity contribution in [1.82, 2.24) is 9.47 Å². The SMILES string of the molecule is [C-]#[N+]c1c(C)c(C)c(O)n(CCN2CCCC2=O)c1=O. The van der Waals surface area contributed by atoms with E-state index in [4.69, 9.17) is 6.57 Å². The molecule has 0 unspecified atom stereocenters. The molecule has 1 amide bonds. The van der Waals surface area contributed by atoms with E-state index in [0.29, 0.717) is 30.6 Å². The van der Waals surface area contributed by atoms with Crippen molar-refractivity contribution in [3.05, 3.63) is 32.9 Å². The fraction of sp³-hybridized carbons (Fsp3) is 0.500. The van der Waals surface area contributed by atoms with Gasteiger partial charge in [-0.2, -0.15) is 0 Å². The smallest absolute Gasteiger partial charge is 0.259 e. The lowest BCUT2D eigenvalue weighted by Gasteiger charge is -2.18. The Morgan fingerprint density at radius 3 is 2.50 bits per heavy atom. The van der Waals surface area contributed by atoms with Crippen LogP contribution in [0.25, 0.3) is 4.85 Å². The number of carbonyl (C=O) groups is 1. The van der Waals surface area contributed by atoms with Crippen LogP contribution < -0.4 is 5.56 Å². The highest BCUT2D eigenvalue weighted by atomic mass is 16.3. The zero-order valence-electron chi connectivity index (χ0n) is 11.6. The summed E-state index contributed by atoms with van der Waals surface area (Å²) in [5.74, 6) is -0.0432. The van der Waals surface area contributed by atoms with E-state index in [1.807, 2.05) is 0 Å². The van der Waals surface area contributed by atoms with Gasteiger partial charge < -0.3 is 10.0 Å². The van der Waals surface area contributed by atoms with E-state index in [2.05, 4.69) is 4.85 Å². The molecule has 1 aliphatic heterocycles. The minimum atomic E-state index is -0.493. The molecule has 6 nitrogen and oxygen atoms in total. The number of hydrogen-bond donors (Lipinski definition) is 1. The molecule has 20 heavy (non-hydrogen) atoms. The number of aromatic hydroxyl groups is 1. The first-order valence-electron chi connectivity index (χ1n) is 6.55. The van der Waals surface area contributed by atoms with Crippen LogP contribution in [-0.4, -0.2) is 33.6 Å². The minimum Gasteiger partial charge on any atom is -0.494 e. The van der Waals surface area contributed by atoms with Gasteiger partial charge in [-0.3, -0.25) is 14.2 Å². The molecule has 1 aromatic rings. The molecule has 0 spiro atoms. The molecular weight excluding hydrogens is 258 g/mol. The summed E-state index contributed by atoms with van der Waals surface area (Å²) >= 11 is 0. The Bertz CT molecular complexity index is 655. The highest BCUT2D eigenvalue weighted by Gasteiger charge is 2.21. The zero-order valence-corrected chi connectivity index (χ0v) is 11.6. The van der Waals surface area contributed by atoms with Crippen LogP contribution in [0.3, 0.4) is 0 Å². The molecule has 6 heteroatoms. The van der Waals surface area contributed by atoms with Gasteiger partial charge in [0.2, 0.25) is 5.91 Å². The predicted octanol–water partition coefficient (Wildman–Crippen LogP) is 1.34. The largest absolute Gasteiger partial charge is 0.494 e. The first-order valence-corrected chi connectivity index (χ1v) is 6.55. The fourth-order valence-corrected chi connectivity index (χ4v) is 2.43. The molecule has 0 saturated carbocycles. The summed E-state index contributed by atoms with van der Waals surface area (Å²) < 4.78 is 1.18. The molecule has 1 aliphatic rings. The van der Waals surface area contributed by atoms with Crippen LogP contribution in [0, 0.1) is 20.4 Å². The van der Waals surface area contributed by atoms with Crippen molar-refractivity contribution in [2.45, 2.75) is 33.2 Å². The highest BCUT2D eigenvalue weighted by Crippen LogP contribution is 2.25. The van der Waals surface area contributed by atoms with Gasteiger partial charge in [-0.1, -0.05) is 0 Å². The molecule has 2 heterocycles. The minimum absolute atomic E-state index is 0.0352. The van der Waals surface area contributed by atoms with Gasteiger partial charge in [-0.15, -0.1) is 0 Å². The zero-order chi connectivity index (χ0) is 14.9. The van der Waals surface area contributed by atoms with Crippen LogP contribution in [0.4, 0.5) is 5.69 Å². The first-order chi connectivity index (χ1) is 9.47. The molecule has 1 N–H and O–H groups in total. The maximum Gasteiger partial charge on any atom is 0.259 e. The number of likely N-dealkylation sites (tertiary alicyclic amines) is 1. The monoisotopic (exact) mass is 275 g/mol. The molecule has 106 valence electrons. The first kappa shape index (κ1) is 14.1. The normalized spacial score (nSPS) is 14.7. The lowest BCUT2D eigenvalue weighted by Crippen LogP contribution is -2.32. The maximum atomic E-state index is 12.2. The van der Waals surface area contributed by atoms with Gasteiger partial charge in [0, 0.05) is 31.6 Å².